The predicted molar refractivity (Wildman–Crippen MR) is 104 cm³/mol. The molecule has 0 radical (unpaired) electrons. The highest BCUT2D eigenvalue weighted by Gasteiger charge is 2.20. The van der Waals surface area contributed by atoms with Gasteiger partial charge >= 0.3 is 0 Å². The van der Waals surface area contributed by atoms with Gasteiger partial charge in [-0.05, 0) is 24.1 Å². The van der Waals surface area contributed by atoms with E-state index < -0.39 is 0 Å². The second kappa shape index (κ2) is 8.18. The van der Waals surface area contributed by atoms with E-state index in [4.69, 9.17) is 4.42 Å². The molecule has 138 valence electrons. The van der Waals surface area contributed by atoms with E-state index in [1.165, 1.54) is 12.0 Å². The van der Waals surface area contributed by atoms with Crippen molar-refractivity contribution in [2.45, 2.75) is 13.0 Å². The van der Waals surface area contributed by atoms with E-state index in [0.717, 1.165) is 50.3 Å². The molecule has 0 N–H and O–H groups in total. The monoisotopic (exact) mass is 361 g/mol. The van der Waals surface area contributed by atoms with Gasteiger partial charge in [0.25, 0.3) is 5.91 Å². The maximum atomic E-state index is 12.9. The summed E-state index contributed by atoms with van der Waals surface area (Å²) in [5.74, 6) is 0.806. The average molecular weight is 361 g/mol. The smallest absolute Gasteiger partial charge is 0.253 e. The van der Waals surface area contributed by atoms with E-state index in [9.17, 15) is 4.79 Å². The minimum atomic E-state index is 0.0979. The van der Waals surface area contributed by atoms with Gasteiger partial charge < -0.3 is 9.32 Å². The highest BCUT2D eigenvalue weighted by molar-refractivity contribution is 5.94. The molecular formula is C22H23N3O2. The molecule has 3 aromatic rings. The van der Waals surface area contributed by atoms with Gasteiger partial charge in [-0.15, -0.1) is 0 Å². The molecule has 0 atom stereocenters. The zero-order valence-electron chi connectivity index (χ0n) is 15.3. The summed E-state index contributed by atoms with van der Waals surface area (Å²) in [5, 5.41) is 0. The first-order valence-corrected chi connectivity index (χ1v) is 9.34. The van der Waals surface area contributed by atoms with Gasteiger partial charge in [-0.3, -0.25) is 9.69 Å². The highest BCUT2D eigenvalue weighted by Crippen LogP contribution is 2.20. The van der Waals surface area contributed by atoms with Crippen LogP contribution in [0.1, 0.15) is 22.3 Å². The molecular weight excluding hydrogens is 338 g/mol. The number of amides is 1. The van der Waals surface area contributed by atoms with Crippen molar-refractivity contribution in [3.8, 4) is 11.3 Å². The van der Waals surface area contributed by atoms with Crippen molar-refractivity contribution < 1.29 is 9.21 Å². The number of hydrogen-bond donors (Lipinski definition) is 0. The summed E-state index contributed by atoms with van der Waals surface area (Å²) in [4.78, 5) is 21.2. The lowest BCUT2D eigenvalue weighted by Crippen LogP contribution is -2.35. The van der Waals surface area contributed by atoms with Crippen molar-refractivity contribution in [1.29, 1.82) is 0 Å². The third-order valence-corrected chi connectivity index (χ3v) is 4.97. The summed E-state index contributed by atoms with van der Waals surface area (Å²) in [5.41, 5.74) is 2.96. The van der Waals surface area contributed by atoms with Crippen molar-refractivity contribution in [3.05, 3.63) is 78.3 Å². The molecule has 1 fully saturated rings. The van der Waals surface area contributed by atoms with Crippen LogP contribution in [0, 0.1) is 0 Å². The van der Waals surface area contributed by atoms with Gasteiger partial charge in [0, 0.05) is 43.9 Å². The molecule has 27 heavy (non-hydrogen) atoms. The van der Waals surface area contributed by atoms with Gasteiger partial charge in [0.2, 0.25) is 0 Å². The lowest BCUT2D eigenvalue weighted by molar-refractivity contribution is 0.0761. The number of hydrogen-bond acceptors (Lipinski definition) is 4. The molecule has 1 aromatic heterocycles. The van der Waals surface area contributed by atoms with Crippen LogP contribution in [0.15, 0.2) is 71.6 Å². The minimum absolute atomic E-state index is 0.0979. The normalized spacial score (nSPS) is 15.5. The third-order valence-electron chi connectivity index (χ3n) is 4.97. The molecule has 0 aliphatic carbocycles. The Hall–Kier alpha value is -2.92. The Morgan fingerprint density at radius 1 is 0.963 bits per heavy atom. The molecule has 4 rings (SSSR count). The van der Waals surface area contributed by atoms with Gasteiger partial charge in [-0.2, -0.15) is 0 Å². The Bertz CT molecular complexity index is 860. The van der Waals surface area contributed by atoms with Crippen LogP contribution in [0.3, 0.4) is 0 Å². The van der Waals surface area contributed by atoms with E-state index in [1.807, 2.05) is 35.2 Å². The molecule has 5 nitrogen and oxygen atoms in total. The lowest BCUT2D eigenvalue weighted by atomic mass is 10.1. The number of carbonyl (C=O) groups excluding carboxylic acids is 1. The Morgan fingerprint density at radius 3 is 2.52 bits per heavy atom. The molecule has 1 amide bonds. The van der Waals surface area contributed by atoms with Crippen LogP contribution in [0.5, 0.6) is 0 Å². The molecule has 2 aromatic carbocycles. The Balaban J connectivity index is 1.38. The van der Waals surface area contributed by atoms with Crippen molar-refractivity contribution >= 4 is 5.91 Å². The topological polar surface area (TPSA) is 49.6 Å². The zero-order chi connectivity index (χ0) is 18.5. The van der Waals surface area contributed by atoms with Gasteiger partial charge in [0.15, 0.2) is 12.2 Å². The van der Waals surface area contributed by atoms with Crippen LogP contribution in [-0.2, 0) is 6.54 Å². The molecule has 0 unspecified atom stereocenters. The fraction of sp³-hybridized carbons (Fsp3) is 0.273. The number of rotatable bonds is 4. The SMILES string of the molecule is O=C(c1ccc(-c2cnco2)cc1)N1CCCN(Cc2ccccc2)CC1. The maximum Gasteiger partial charge on any atom is 0.253 e. The van der Waals surface area contributed by atoms with Crippen LogP contribution in [0.4, 0.5) is 0 Å². The Labute approximate surface area is 159 Å². The fourth-order valence-electron chi connectivity index (χ4n) is 3.49. The first-order chi connectivity index (χ1) is 13.3. The van der Waals surface area contributed by atoms with Crippen LogP contribution in [-0.4, -0.2) is 46.9 Å². The van der Waals surface area contributed by atoms with Crippen molar-refractivity contribution in [1.82, 2.24) is 14.8 Å². The van der Waals surface area contributed by atoms with Crippen LogP contribution in [0.2, 0.25) is 0 Å². The second-order valence-corrected chi connectivity index (χ2v) is 6.85. The molecule has 0 saturated carbocycles. The van der Waals surface area contributed by atoms with E-state index in [0.29, 0.717) is 5.76 Å². The predicted octanol–water partition coefficient (Wildman–Crippen LogP) is 3.69. The lowest BCUT2D eigenvalue weighted by Gasteiger charge is -2.22. The standard InChI is InChI=1S/C22H23N3O2/c26-22(20-9-7-19(8-10-20)21-15-23-17-27-21)25-12-4-11-24(13-14-25)16-18-5-2-1-3-6-18/h1-3,5-10,15,17H,4,11-14,16H2. The molecule has 5 heteroatoms. The second-order valence-electron chi connectivity index (χ2n) is 6.85. The van der Waals surface area contributed by atoms with Crippen molar-refractivity contribution in [3.63, 3.8) is 0 Å². The fourth-order valence-corrected chi connectivity index (χ4v) is 3.49. The van der Waals surface area contributed by atoms with E-state index in [1.54, 1.807) is 6.20 Å². The zero-order valence-corrected chi connectivity index (χ0v) is 15.3. The van der Waals surface area contributed by atoms with Crippen LogP contribution >= 0.6 is 0 Å². The van der Waals surface area contributed by atoms with Crippen molar-refractivity contribution in [2.75, 3.05) is 26.2 Å². The number of carbonyl (C=O) groups is 1. The molecule has 1 aliphatic rings. The summed E-state index contributed by atoms with van der Waals surface area (Å²) in [7, 11) is 0. The Kier molecular flexibility index (Phi) is 5.30. The third kappa shape index (κ3) is 4.26. The van der Waals surface area contributed by atoms with E-state index in [-0.39, 0.29) is 5.91 Å². The summed E-state index contributed by atoms with van der Waals surface area (Å²) in [6, 6.07) is 18.1. The van der Waals surface area contributed by atoms with Crippen molar-refractivity contribution in [2.24, 2.45) is 0 Å². The number of benzene rings is 2. The molecule has 0 spiro atoms. The largest absolute Gasteiger partial charge is 0.444 e. The summed E-state index contributed by atoms with van der Waals surface area (Å²) in [6.07, 6.45) is 4.08. The Morgan fingerprint density at radius 2 is 1.78 bits per heavy atom. The molecule has 2 heterocycles. The first-order valence-electron chi connectivity index (χ1n) is 9.34. The van der Waals surface area contributed by atoms with Gasteiger partial charge in [-0.25, -0.2) is 4.98 Å². The summed E-state index contributed by atoms with van der Waals surface area (Å²) < 4.78 is 5.30. The number of oxazole rings is 1. The first kappa shape index (κ1) is 17.5. The number of aromatic nitrogens is 1. The average Bonchev–Trinajstić information content (AvgIpc) is 3.16. The molecule has 1 saturated heterocycles. The van der Waals surface area contributed by atoms with Crippen LogP contribution < -0.4 is 0 Å². The summed E-state index contributed by atoms with van der Waals surface area (Å²) in [6.45, 7) is 4.41. The van der Waals surface area contributed by atoms with Gasteiger partial charge in [-0.1, -0.05) is 42.5 Å². The van der Waals surface area contributed by atoms with E-state index in [2.05, 4.69) is 34.1 Å². The number of nitrogens with zero attached hydrogens (tertiary/aromatic N) is 3. The summed E-state index contributed by atoms with van der Waals surface area (Å²) >= 11 is 0. The van der Waals surface area contributed by atoms with E-state index >= 15 is 0 Å². The van der Waals surface area contributed by atoms with Gasteiger partial charge in [0.05, 0.1) is 6.20 Å². The minimum Gasteiger partial charge on any atom is -0.444 e. The van der Waals surface area contributed by atoms with Gasteiger partial charge in [0.1, 0.15) is 0 Å². The maximum absolute atomic E-state index is 12.9. The quantitative estimate of drug-likeness (QED) is 0.711. The highest BCUT2D eigenvalue weighted by atomic mass is 16.3. The molecule has 0 bridgehead atoms. The molecule has 1 aliphatic heterocycles. The van der Waals surface area contributed by atoms with Crippen LogP contribution in [0.25, 0.3) is 11.3 Å².